The molecule has 0 N–H and O–H groups in total. The Labute approximate surface area is 86.1 Å². The number of carbonyl (C=O) groups excluding carboxylic acids is 1. The van der Waals surface area contributed by atoms with E-state index in [4.69, 9.17) is 0 Å². The van der Waals surface area contributed by atoms with Crippen LogP contribution in [-0.2, 0) is 0 Å². The van der Waals surface area contributed by atoms with Crippen LogP contribution in [0.3, 0.4) is 0 Å². The van der Waals surface area contributed by atoms with Crippen molar-refractivity contribution < 1.29 is 4.79 Å². The highest BCUT2D eigenvalue weighted by Crippen LogP contribution is 2.45. The second-order valence-electron chi connectivity index (χ2n) is 5.06. The van der Waals surface area contributed by atoms with Gasteiger partial charge in [-0.05, 0) is 24.7 Å². The van der Waals surface area contributed by atoms with E-state index in [1.807, 2.05) is 19.0 Å². The quantitative estimate of drug-likeness (QED) is 0.580. The number of hydrogen-bond donors (Lipinski definition) is 0. The molecule has 2 aliphatic rings. The highest BCUT2D eigenvalue weighted by molar-refractivity contribution is 5.74. The van der Waals surface area contributed by atoms with Crippen LogP contribution in [0.2, 0.25) is 0 Å². The molecule has 0 aromatic heterocycles. The molecule has 2 rings (SSSR count). The van der Waals surface area contributed by atoms with Gasteiger partial charge >= 0.3 is 6.03 Å². The zero-order valence-electron chi connectivity index (χ0n) is 9.25. The maximum Gasteiger partial charge on any atom is 0.319 e. The lowest BCUT2D eigenvalue weighted by molar-refractivity contribution is 0.174. The predicted molar refractivity (Wildman–Crippen MR) is 56.2 cm³/mol. The van der Waals surface area contributed by atoms with Crippen molar-refractivity contribution in [2.75, 3.05) is 27.2 Å². The summed E-state index contributed by atoms with van der Waals surface area (Å²) < 4.78 is 0. The Morgan fingerprint density at radius 2 is 1.86 bits per heavy atom. The molecule has 2 fully saturated rings. The molecule has 0 aromatic rings. The van der Waals surface area contributed by atoms with Gasteiger partial charge in [0.1, 0.15) is 0 Å². The Bertz CT molecular complexity index is 231. The molecular weight excluding hydrogens is 176 g/mol. The average Bonchev–Trinajstić information content (AvgIpc) is 2.76. The molecule has 14 heavy (non-hydrogen) atoms. The van der Waals surface area contributed by atoms with E-state index in [-0.39, 0.29) is 6.03 Å². The van der Waals surface area contributed by atoms with Gasteiger partial charge < -0.3 is 9.80 Å². The third kappa shape index (κ3) is 1.60. The van der Waals surface area contributed by atoms with Gasteiger partial charge in [0.25, 0.3) is 0 Å². The lowest BCUT2D eigenvalue weighted by Gasteiger charge is -2.25. The van der Waals surface area contributed by atoms with Crippen LogP contribution in [0.5, 0.6) is 0 Å². The smallest absolute Gasteiger partial charge is 0.319 e. The molecule has 1 aliphatic carbocycles. The number of rotatable bonds is 0. The first-order chi connectivity index (χ1) is 6.63. The summed E-state index contributed by atoms with van der Waals surface area (Å²) >= 11 is 0. The molecule has 1 heterocycles. The first-order valence-electron chi connectivity index (χ1n) is 5.59. The number of amides is 2. The SMILES string of the molecule is CN(C)C(=O)N1CCC2(CCCC2)C1. The van der Waals surface area contributed by atoms with E-state index in [0.717, 1.165) is 13.1 Å². The van der Waals surface area contributed by atoms with Crippen LogP contribution in [0.15, 0.2) is 0 Å². The fourth-order valence-electron chi connectivity index (χ4n) is 2.91. The topological polar surface area (TPSA) is 23.6 Å². The van der Waals surface area contributed by atoms with Crippen molar-refractivity contribution in [1.82, 2.24) is 9.80 Å². The van der Waals surface area contributed by atoms with Gasteiger partial charge in [0.15, 0.2) is 0 Å². The predicted octanol–water partition coefficient (Wildman–Crippen LogP) is 1.93. The van der Waals surface area contributed by atoms with E-state index in [9.17, 15) is 4.79 Å². The molecule has 80 valence electrons. The fourth-order valence-corrected chi connectivity index (χ4v) is 2.91. The van der Waals surface area contributed by atoms with E-state index in [0.29, 0.717) is 5.41 Å². The Morgan fingerprint density at radius 3 is 2.43 bits per heavy atom. The molecule has 1 saturated heterocycles. The van der Waals surface area contributed by atoms with Crippen LogP contribution >= 0.6 is 0 Å². The van der Waals surface area contributed by atoms with Crippen molar-refractivity contribution in [1.29, 1.82) is 0 Å². The van der Waals surface area contributed by atoms with Crippen LogP contribution in [-0.4, -0.2) is 43.0 Å². The van der Waals surface area contributed by atoms with Crippen LogP contribution in [0.4, 0.5) is 4.79 Å². The summed E-state index contributed by atoms with van der Waals surface area (Å²) in [6.45, 7) is 1.97. The number of carbonyl (C=O) groups is 1. The zero-order valence-corrected chi connectivity index (χ0v) is 9.25. The summed E-state index contributed by atoms with van der Waals surface area (Å²) in [5.74, 6) is 0. The highest BCUT2D eigenvalue weighted by atomic mass is 16.2. The van der Waals surface area contributed by atoms with Gasteiger partial charge in [0.05, 0.1) is 0 Å². The summed E-state index contributed by atoms with van der Waals surface area (Å²) in [4.78, 5) is 15.4. The average molecular weight is 196 g/mol. The normalized spacial score (nSPS) is 24.6. The minimum atomic E-state index is 0.189. The lowest BCUT2D eigenvalue weighted by atomic mass is 9.86. The Hall–Kier alpha value is -0.730. The maximum absolute atomic E-state index is 11.7. The van der Waals surface area contributed by atoms with Crippen molar-refractivity contribution in [2.45, 2.75) is 32.1 Å². The minimum Gasteiger partial charge on any atom is -0.331 e. The van der Waals surface area contributed by atoms with Crippen LogP contribution in [0, 0.1) is 5.41 Å². The molecule has 0 aromatic carbocycles. The summed E-state index contributed by atoms with van der Waals surface area (Å²) in [7, 11) is 3.67. The number of urea groups is 1. The minimum absolute atomic E-state index is 0.189. The molecule has 0 unspecified atom stereocenters. The van der Waals surface area contributed by atoms with Gasteiger partial charge in [-0.3, -0.25) is 0 Å². The Morgan fingerprint density at radius 1 is 1.21 bits per heavy atom. The Balaban J connectivity index is 1.97. The number of likely N-dealkylation sites (tertiary alicyclic amines) is 1. The summed E-state index contributed by atoms with van der Waals surface area (Å²) in [6.07, 6.45) is 6.63. The summed E-state index contributed by atoms with van der Waals surface area (Å²) in [5.41, 5.74) is 0.506. The lowest BCUT2D eigenvalue weighted by Crippen LogP contribution is -2.38. The first-order valence-corrected chi connectivity index (χ1v) is 5.59. The van der Waals surface area contributed by atoms with Gasteiger partial charge in [-0.2, -0.15) is 0 Å². The van der Waals surface area contributed by atoms with E-state index < -0.39 is 0 Å². The van der Waals surface area contributed by atoms with E-state index in [1.165, 1.54) is 32.1 Å². The van der Waals surface area contributed by atoms with Crippen molar-refractivity contribution in [3.8, 4) is 0 Å². The molecule has 0 atom stereocenters. The van der Waals surface area contributed by atoms with Gasteiger partial charge in [0.2, 0.25) is 0 Å². The van der Waals surface area contributed by atoms with Crippen LogP contribution in [0.1, 0.15) is 32.1 Å². The van der Waals surface area contributed by atoms with Gasteiger partial charge in [-0.15, -0.1) is 0 Å². The molecular formula is C11H20N2O. The number of nitrogens with zero attached hydrogens (tertiary/aromatic N) is 2. The van der Waals surface area contributed by atoms with Crippen molar-refractivity contribution in [3.63, 3.8) is 0 Å². The van der Waals surface area contributed by atoms with Crippen molar-refractivity contribution >= 4 is 6.03 Å². The van der Waals surface area contributed by atoms with Crippen molar-refractivity contribution in [3.05, 3.63) is 0 Å². The number of hydrogen-bond acceptors (Lipinski definition) is 1. The third-order valence-corrected chi connectivity index (χ3v) is 3.76. The first kappa shape index (κ1) is 9.81. The molecule has 0 bridgehead atoms. The maximum atomic E-state index is 11.7. The van der Waals surface area contributed by atoms with Crippen molar-refractivity contribution in [2.24, 2.45) is 5.41 Å². The van der Waals surface area contributed by atoms with E-state index in [2.05, 4.69) is 0 Å². The molecule has 1 aliphatic heterocycles. The standard InChI is InChI=1S/C11H20N2O/c1-12(2)10(14)13-8-7-11(9-13)5-3-4-6-11/h3-9H2,1-2H3. The van der Waals surface area contributed by atoms with Crippen LogP contribution in [0.25, 0.3) is 0 Å². The fraction of sp³-hybridized carbons (Fsp3) is 0.909. The highest BCUT2D eigenvalue weighted by Gasteiger charge is 2.41. The summed E-state index contributed by atoms with van der Waals surface area (Å²) in [6, 6.07) is 0.189. The van der Waals surface area contributed by atoms with Gasteiger partial charge in [0, 0.05) is 27.2 Å². The van der Waals surface area contributed by atoms with E-state index in [1.54, 1.807) is 4.90 Å². The summed E-state index contributed by atoms with van der Waals surface area (Å²) in [5, 5.41) is 0. The monoisotopic (exact) mass is 196 g/mol. The largest absolute Gasteiger partial charge is 0.331 e. The van der Waals surface area contributed by atoms with Crippen LogP contribution < -0.4 is 0 Å². The second-order valence-corrected chi connectivity index (χ2v) is 5.06. The van der Waals surface area contributed by atoms with Gasteiger partial charge in [-0.25, -0.2) is 4.79 Å². The second kappa shape index (κ2) is 3.44. The molecule has 1 spiro atoms. The van der Waals surface area contributed by atoms with Gasteiger partial charge in [-0.1, -0.05) is 12.8 Å². The third-order valence-electron chi connectivity index (χ3n) is 3.76. The zero-order chi connectivity index (χ0) is 10.2. The molecule has 1 saturated carbocycles. The molecule has 2 amide bonds. The molecule has 0 radical (unpaired) electrons. The molecule has 3 nitrogen and oxygen atoms in total. The van der Waals surface area contributed by atoms with E-state index >= 15 is 0 Å². The molecule has 3 heteroatoms. The Kier molecular flexibility index (Phi) is 2.41.